The van der Waals surface area contributed by atoms with E-state index in [0.29, 0.717) is 6.04 Å². The number of nitrogens with zero attached hydrogens (tertiary/aromatic N) is 3. The van der Waals surface area contributed by atoms with E-state index >= 15 is 0 Å². The molecule has 6 heteroatoms. The topological polar surface area (TPSA) is 63.1 Å². The van der Waals surface area contributed by atoms with Crippen LogP contribution < -0.4 is 0 Å². The van der Waals surface area contributed by atoms with Gasteiger partial charge >= 0.3 is 5.97 Å². The molecule has 1 aliphatic rings. The van der Waals surface area contributed by atoms with Gasteiger partial charge in [0, 0.05) is 61.1 Å². The number of H-pyrrole nitrogens is 1. The summed E-state index contributed by atoms with van der Waals surface area (Å²) in [6.45, 7) is 6.06. The number of benzene rings is 2. The molecule has 0 amide bonds. The summed E-state index contributed by atoms with van der Waals surface area (Å²) in [7, 11) is 3.39. The molecule has 0 radical (unpaired) electrons. The van der Waals surface area contributed by atoms with Crippen molar-refractivity contribution >= 4 is 22.9 Å². The smallest absolute Gasteiger partial charge is 0.330 e. The molecule has 2 heterocycles. The van der Waals surface area contributed by atoms with Crippen LogP contribution in [0.25, 0.3) is 17.0 Å². The maximum atomic E-state index is 11.5. The Hall–Kier alpha value is -3.64. The first kappa shape index (κ1) is 24.1. The summed E-state index contributed by atoms with van der Waals surface area (Å²) in [6, 6.07) is 13.6. The number of hydrogen-bond donors (Lipinski definition) is 1. The molecule has 0 fully saturated rings. The standard InChI is InChI=1S/C30H34N4O2/c1-20-5-9-26-24(17-31-28(26)15-20)13-14-34(19-25-18-33(3)32-21(25)2)29-11-8-23-16-22(6-10-27(23)29)7-12-30(35)36-4/h5-7,9-10,12,15-18,29,31H,8,11,13-14,19H2,1-4H3. The number of carbonyl (C=O) groups excluding carboxylic acids is 1. The van der Waals surface area contributed by atoms with Crippen LogP contribution >= 0.6 is 0 Å². The summed E-state index contributed by atoms with van der Waals surface area (Å²) in [6.07, 6.45) is 10.7. The number of rotatable bonds is 8. The van der Waals surface area contributed by atoms with E-state index in [4.69, 9.17) is 4.74 Å². The highest BCUT2D eigenvalue weighted by molar-refractivity contribution is 5.87. The minimum absolute atomic E-state index is 0.334. The zero-order valence-electron chi connectivity index (χ0n) is 21.5. The fourth-order valence-electron chi connectivity index (χ4n) is 5.47. The van der Waals surface area contributed by atoms with E-state index in [1.165, 1.54) is 51.9 Å². The van der Waals surface area contributed by atoms with Gasteiger partial charge in [-0.05, 0) is 73.1 Å². The van der Waals surface area contributed by atoms with Crippen molar-refractivity contribution in [1.29, 1.82) is 0 Å². The Morgan fingerprint density at radius 2 is 2.08 bits per heavy atom. The molecule has 6 nitrogen and oxygen atoms in total. The van der Waals surface area contributed by atoms with Crippen LogP contribution in [0, 0.1) is 13.8 Å². The van der Waals surface area contributed by atoms with E-state index in [9.17, 15) is 4.79 Å². The number of esters is 1. The minimum atomic E-state index is -0.334. The van der Waals surface area contributed by atoms with Gasteiger partial charge in [0.05, 0.1) is 12.8 Å². The third kappa shape index (κ3) is 5.00. The monoisotopic (exact) mass is 482 g/mol. The van der Waals surface area contributed by atoms with Gasteiger partial charge in [0.25, 0.3) is 0 Å². The number of aromatic nitrogens is 3. The Labute approximate surface area is 212 Å². The lowest BCUT2D eigenvalue weighted by Crippen LogP contribution is -2.29. The van der Waals surface area contributed by atoms with Crippen LogP contribution in [-0.4, -0.2) is 39.3 Å². The van der Waals surface area contributed by atoms with Crippen molar-refractivity contribution in [3.63, 3.8) is 0 Å². The van der Waals surface area contributed by atoms with Crippen LogP contribution in [0.3, 0.4) is 0 Å². The van der Waals surface area contributed by atoms with Crippen molar-refractivity contribution in [2.24, 2.45) is 7.05 Å². The predicted molar refractivity (Wildman–Crippen MR) is 144 cm³/mol. The molecule has 186 valence electrons. The summed E-state index contributed by atoms with van der Waals surface area (Å²) < 4.78 is 6.64. The van der Waals surface area contributed by atoms with E-state index in [2.05, 4.69) is 77.6 Å². The molecule has 2 aromatic heterocycles. The molecular weight excluding hydrogens is 448 g/mol. The molecule has 1 N–H and O–H groups in total. The fourth-order valence-corrected chi connectivity index (χ4v) is 5.47. The van der Waals surface area contributed by atoms with E-state index in [0.717, 1.165) is 43.6 Å². The predicted octanol–water partition coefficient (Wildman–Crippen LogP) is 5.44. The molecule has 0 aliphatic heterocycles. The van der Waals surface area contributed by atoms with Crippen molar-refractivity contribution in [2.45, 2.75) is 45.7 Å². The van der Waals surface area contributed by atoms with Crippen LogP contribution in [0.2, 0.25) is 0 Å². The highest BCUT2D eigenvalue weighted by Gasteiger charge is 2.29. The second-order valence-electron chi connectivity index (χ2n) is 9.87. The normalized spacial score (nSPS) is 15.3. The van der Waals surface area contributed by atoms with Gasteiger partial charge in [-0.2, -0.15) is 5.10 Å². The molecule has 2 aromatic carbocycles. The van der Waals surface area contributed by atoms with Crippen molar-refractivity contribution in [1.82, 2.24) is 19.7 Å². The van der Waals surface area contributed by atoms with E-state index in [1.54, 1.807) is 0 Å². The van der Waals surface area contributed by atoms with E-state index < -0.39 is 0 Å². The van der Waals surface area contributed by atoms with Crippen LogP contribution in [0.4, 0.5) is 0 Å². The lowest BCUT2D eigenvalue weighted by molar-refractivity contribution is -0.134. The maximum Gasteiger partial charge on any atom is 0.330 e. The Morgan fingerprint density at radius 1 is 1.22 bits per heavy atom. The molecule has 0 spiro atoms. The average Bonchev–Trinajstić information content (AvgIpc) is 3.56. The van der Waals surface area contributed by atoms with Crippen molar-refractivity contribution in [3.8, 4) is 0 Å². The molecule has 36 heavy (non-hydrogen) atoms. The number of fused-ring (bicyclic) bond motifs is 2. The fraction of sp³-hybridized carbons (Fsp3) is 0.333. The molecule has 1 aliphatic carbocycles. The molecule has 0 saturated carbocycles. The van der Waals surface area contributed by atoms with Gasteiger partial charge in [-0.25, -0.2) is 4.79 Å². The first-order valence-corrected chi connectivity index (χ1v) is 12.6. The Balaban J connectivity index is 1.40. The van der Waals surface area contributed by atoms with Crippen LogP contribution in [-0.2, 0) is 36.0 Å². The number of aromatic amines is 1. The number of nitrogens with one attached hydrogen (secondary N) is 1. The zero-order chi connectivity index (χ0) is 25.2. The Bertz CT molecular complexity index is 1430. The van der Waals surface area contributed by atoms with Crippen molar-refractivity contribution in [3.05, 3.63) is 93.9 Å². The zero-order valence-corrected chi connectivity index (χ0v) is 21.5. The van der Waals surface area contributed by atoms with Crippen LogP contribution in [0.1, 0.15) is 51.5 Å². The largest absolute Gasteiger partial charge is 0.466 e. The minimum Gasteiger partial charge on any atom is -0.466 e. The summed E-state index contributed by atoms with van der Waals surface area (Å²) in [5.74, 6) is -0.334. The maximum absolute atomic E-state index is 11.5. The van der Waals surface area contributed by atoms with Crippen LogP contribution in [0.5, 0.6) is 0 Å². The molecule has 5 rings (SSSR count). The second-order valence-corrected chi connectivity index (χ2v) is 9.87. The summed E-state index contributed by atoms with van der Waals surface area (Å²) >= 11 is 0. The number of carbonyl (C=O) groups is 1. The Kier molecular flexibility index (Phi) is 6.79. The van der Waals surface area contributed by atoms with Gasteiger partial charge in [-0.15, -0.1) is 0 Å². The van der Waals surface area contributed by atoms with Crippen molar-refractivity contribution < 1.29 is 9.53 Å². The molecule has 0 bridgehead atoms. The van der Waals surface area contributed by atoms with Gasteiger partial charge in [-0.1, -0.05) is 30.3 Å². The highest BCUT2D eigenvalue weighted by Crippen LogP contribution is 2.38. The van der Waals surface area contributed by atoms with Gasteiger partial charge in [0.2, 0.25) is 0 Å². The van der Waals surface area contributed by atoms with Gasteiger partial charge in [0.15, 0.2) is 0 Å². The van der Waals surface area contributed by atoms with Gasteiger partial charge in [0.1, 0.15) is 0 Å². The molecule has 0 saturated heterocycles. The number of aryl methyl sites for hydroxylation is 4. The third-order valence-corrected chi connectivity index (χ3v) is 7.35. The first-order valence-electron chi connectivity index (χ1n) is 12.6. The average molecular weight is 483 g/mol. The lowest BCUT2D eigenvalue weighted by atomic mass is 10.0. The third-order valence-electron chi connectivity index (χ3n) is 7.35. The summed E-state index contributed by atoms with van der Waals surface area (Å²) in [4.78, 5) is 17.6. The molecular formula is C30H34N4O2. The SMILES string of the molecule is COC(=O)C=Cc1ccc2c(c1)CCC2N(CCc1c[nH]c2cc(C)ccc12)Cc1cn(C)nc1C. The molecule has 4 aromatic rings. The number of hydrogen-bond acceptors (Lipinski definition) is 4. The summed E-state index contributed by atoms with van der Waals surface area (Å²) in [5, 5.41) is 5.90. The first-order chi connectivity index (χ1) is 17.4. The van der Waals surface area contributed by atoms with Crippen LogP contribution in [0.15, 0.2) is 54.9 Å². The van der Waals surface area contributed by atoms with Gasteiger partial charge < -0.3 is 9.72 Å². The van der Waals surface area contributed by atoms with E-state index in [-0.39, 0.29) is 5.97 Å². The molecule has 1 atom stereocenters. The number of ether oxygens (including phenoxy) is 1. The van der Waals surface area contributed by atoms with E-state index in [1.807, 2.05) is 17.8 Å². The highest BCUT2D eigenvalue weighted by atomic mass is 16.5. The van der Waals surface area contributed by atoms with Gasteiger partial charge in [-0.3, -0.25) is 9.58 Å². The lowest BCUT2D eigenvalue weighted by Gasteiger charge is -2.29. The quantitative estimate of drug-likeness (QED) is 0.268. The number of methoxy groups -OCH3 is 1. The molecule has 1 unspecified atom stereocenters. The second kappa shape index (κ2) is 10.2. The Morgan fingerprint density at radius 3 is 2.86 bits per heavy atom. The summed E-state index contributed by atoms with van der Waals surface area (Å²) in [5.41, 5.74) is 9.99. The van der Waals surface area contributed by atoms with Crippen molar-refractivity contribution in [2.75, 3.05) is 13.7 Å².